The van der Waals surface area contributed by atoms with Crippen LogP contribution in [0, 0.1) is 6.92 Å². The molecule has 6 nitrogen and oxygen atoms in total. The van der Waals surface area contributed by atoms with Gasteiger partial charge in [0.25, 0.3) is 0 Å². The average molecular weight is 419 g/mol. The minimum Gasteiger partial charge on any atom is -0.317 e. The molecule has 4 aromatic rings. The number of fused-ring (bicyclic) bond motifs is 3. The SMILES string of the molecule is Cc1ccc(N2C(c3ccccc3)=C(c3ccccc3)C3c4n[nH]c(=O)n4C=NC32)cc1. The van der Waals surface area contributed by atoms with Gasteiger partial charge in [0.2, 0.25) is 0 Å². The van der Waals surface area contributed by atoms with E-state index in [9.17, 15) is 4.79 Å². The van der Waals surface area contributed by atoms with E-state index in [1.165, 1.54) is 10.1 Å². The number of hydrogen-bond acceptors (Lipinski definition) is 4. The fraction of sp³-hybridized carbons (Fsp3) is 0.115. The largest absolute Gasteiger partial charge is 0.348 e. The maximum absolute atomic E-state index is 12.4. The van der Waals surface area contributed by atoms with Gasteiger partial charge in [-0.25, -0.2) is 19.5 Å². The summed E-state index contributed by atoms with van der Waals surface area (Å²) in [5.41, 5.74) is 6.36. The van der Waals surface area contributed by atoms with Crippen molar-refractivity contribution in [1.82, 2.24) is 14.8 Å². The van der Waals surface area contributed by atoms with Crippen molar-refractivity contribution in [2.24, 2.45) is 4.99 Å². The fourth-order valence-electron chi connectivity index (χ4n) is 4.72. The normalized spacial score (nSPS) is 19.2. The van der Waals surface area contributed by atoms with Gasteiger partial charge >= 0.3 is 5.69 Å². The maximum Gasteiger partial charge on any atom is 0.348 e. The van der Waals surface area contributed by atoms with E-state index < -0.39 is 0 Å². The second-order valence-corrected chi connectivity index (χ2v) is 8.11. The van der Waals surface area contributed by atoms with Crippen LogP contribution in [-0.4, -0.2) is 27.3 Å². The molecule has 156 valence electrons. The highest BCUT2D eigenvalue weighted by Crippen LogP contribution is 2.51. The molecule has 6 rings (SSSR count). The first-order valence-corrected chi connectivity index (χ1v) is 10.6. The number of aryl methyl sites for hydroxylation is 1. The van der Waals surface area contributed by atoms with Crippen molar-refractivity contribution in [3.8, 4) is 0 Å². The second-order valence-electron chi connectivity index (χ2n) is 8.11. The van der Waals surface area contributed by atoms with Gasteiger partial charge in [-0.05, 0) is 35.8 Å². The zero-order chi connectivity index (χ0) is 21.7. The lowest BCUT2D eigenvalue weighted by Crippen LogP contribution is -2.37. The number of H-pyrrole nitrogens is 1. The lowest BCUT2D eigenvalue weighted by Gasteiger charge is -2.31. The number of nitrogens with zero attached hydrogens (tertiary/aromatic N) is 4. The number of anilines is 1. The molecule has 0 spiro atoms. The van der Waals surface area contributed by atoms with Gasteiger partial charge in [-0.2, -0.15) is 5.10 Å². The van der Waals surface area contributed by atoms with Crippen LogP contribution in [-0.2, 0) is 0 Å². The lowest BCUT2D eigenvalue weighted by molar-refractivity contribution is 0.604. The molecule has 0 fully saturated rings. The average Bonchev–Trinajstić information content (AvgIpc) is 3.39. The van der Waals surface area contributed by atoms with Gasteiger partial charge in [0, 0.05) is 5.69 Å². The highest BCUT2D eigenvalue weighted by molar-refractivity contribution is 6.04. The zero-order valence-corrected chi connectivity index (χ0v) is 17.5. The minimum atomic E-state index is -0.273. The molecule has 2 aliphatic rings. The molecule has 2 unspecified atom stereocenters. The Bertz CT molecular complexity index is 1400. The number of aliphatic imine (C=N–C) groups is 1. The third kappa shape index (κ3) is 2.76. The van der Waals surface area contributed by atoms with Crippen molar-refractivity contribution in [2.45, 2.75) is 19.0 Å². The Labute approximate surface area is 185 Å². The summed E-state index contributed by atoms with van der Waals surface area (Å²) in [4.78, 5) is 19.5. The van der Waals surface area contributed by atoms with Gasteiger partial charge in [0.1, 0.15) is 12.5 Å². The van der Waals surface area contributed by atoms with Crippen molar-refractivity contribution in [3.05, 3.63) is 118 Å². The third-order valence-electron chi connectivity index (χ3n) is 6.16. The van der Waals surface area contributed by atoms with Gasteiger partial charge in [0.15, 0.2) is 5.82 Å². The van der Waals surface area contributed by atoms with Crippen LogP contribution in [0.3, 0.4) is 0 Å². The minimum absolute atomic E-state index is 0.196. The zero-order valence-electron chi connectivity index (χ0n) is 17.5. The molecule has 3 heterocycles. The Morgan fingerprint density at radius 2 is 1.50 bits per heavy atom. The Balaban J connectivity index is 1.69. The summed E-state index contributed by atoms with van der Waals surface area (Å²) in [6.45, 7) is 2.08. The third-order valence-corrected chi connectivity index (χ3v) is 6.16. The van der Waals surface area contributed by atoms with Crippen LogP contribution < -0.4 is 10.6 Å². The summed E-state index contributed by atoms with van der Waals surface area (Å²) in [6.07, 6.45) is 1.35. The first kappa shape index (κ1) is 18.6. The molecule has 3 aromatic carbocycles. The number of aromatic nitrogens is 3. The van der Waals surface area contributed by atoms with E-state index in [4.69, 9.17) is 4.99 Å². The summed E-state index contributed by atoms with van der Waals surface area (Å²) in [6, 6.07) is 29.2. The standard InChI is InChI=1S/C26H21N5O/c1-17-12-14-20(15-13-17)31-23(19-10-6-3-7-11-19)21(18-8-4-2-5-9-18)22-24(31)27-16-30-25(22)28-29-26(30)32/h2-16,22,24H,1H3,(H,29,32). The monoisotopic (exact) mass is 419 g/mol. The van der Waals surface area contributed by atoms with Crippen LogP contribution in [0.4, 0.5) is 5.69 Å². The molecule has 0 aliphatic carbocycles. The Hall–Kier alpha value is -4.19. The van der Waals surface area contributed by atoms with Gasteiger partial charge < -0.3 is 4.90 Å². The van der Waals surface area contributed by atoms with Crippen molar-refractivity contribution >= 4 is 23.3 Å². The number of rotatable bonds is 3. The lowest BCUT2D eigenvalue weighted by atomic mass is 9.89. The highest BCUT2D eigenvalue weighted by atomic mass is 16.1. The fourth-order valence-corrected chi connectivity index (χ4v) is 4.72. The number of hydrogen-bond donors (Lipinski definition) is 1. The Morgan fingerprint density at radius 3 is 2.19 bits per heavy atom. The quantitative estimate of drug-likeness (QED) is 0.539. The smallest absolute Gasteiger partial charge is 0.317 e. The molecule has 0 radical (unpaired) electrons. The summed E-state index contributed by atoms with van der Waals surface area (Å²) >= 11 is 0. The van der Waals surface area contributed by atoms with E-state index in [2.05, 4.69) is 70.6 Å². The number of aromatic amines is 1. The number of benzene rings is 3. The topological polar surface area (TPSA) is 66.3 Å². The van der Waals surface area contributed by atoms with E-state index >= 15 is 0 Å². The van der Waals surface area contributed by atoms with Crippen LogP contribution in [0.5, 0.6) is 0 Å². The molecule has 6 heteroatoms. The van der Waals surface area contributed by atoms with Crippen molar-refractivity contribution in [1.29, 1.82) is 0 Å². The molecule has 0 amide bonds. The molecule has 0 saturated heterocycles. The second kappa shape index (κ2) is 7.20. The molecule has 32 heavy (non-hydrogen) atoms. The molecule has 0 bridgehead atoms. The molecule has 1 N–H and O–H groups in total. The Morgan fingerprint density at radius 1 is 0.844 bits per heavy atom. The maximum atomic E-state index is 12.4. The first-order valence-electron chi connectivity index (χ1n) is 10.6. The highest BCUT2D eigenvalue weighted by Gasteiger charge is 2.47. The van der Waals surface area contributed by atoms with Crippen LogP contribution in [0.15, 0.2) is 94.7 Å². The predicted molar refractivity (Wildman–Crippen MR) is 127 cm³/mol. The van der Waals surface area contributed by atoms with Crippen molar-refractivity contribution < 1.29 is 0 Å². The molecule has 2 atom stereocenters. The van der Waals surface area contributed by atoms with Crippen LogP contribution >= 0.6 is 0 Å². The number of nitrogens with one attached hydrogen (secondary N) is 1. The van der Waals surface area contributed by atoms with E-state index in [1.807, 2.05) is 36.4 Å². The van der Waals surface area contributed by atoms with Gasteiger partial charge in [-0.3, -0.25) is 0 Å². The van der Waals surface area contributed by atoms with E-state index in [0.717, 1.165) is 28.1 Å². The van der Waals surface area contributed by atoms with Crippen LogP contribution in [0.2, 0.25) is 0 Å². The first-order chi connectivity index (χ1) is 15.7. The van der Waals surface area contributed by atoms with Gasteiger partial charge in [0.05, 0.1) is 11.6 Å². The van der Waals surface area contributed by atoms with Crippen LogP contribution in [0.25, 0.3) is 11.3 Å². The van der Waals surface area contributed by atoms with Crippen molar-refractivity contribution in [3.63, 3.8) is 0 Å². The predicted octanol–water partition coefficient (Wildman–Crippen LogP) is 4.27. The molecular weight excluding hydrogens is 398 g/mol. The molecule has 1 aromatic heterocycles. The van der Waals surface area contributed by atoms with E-state index in [0.29, 0.717) is 5.82 Å². The summed E-state index contributed by atoms with van der Waals surface area (Å²) < 4.78 is 1.52. The van der Waals surface area contributed by atoms with Gasteiger partial charge in [-0.15, -0.1) is 0 Å². The van der Waals surface area contributed by atoms with Crippen molar-refractivity contribution in [2.75, 3.05) is 4.90 Å². The molecule has 0 saturated carbocycles. The Kier molecular flexibility index (Phi) is 4.18. The summed E-state index contributed by atoms with van der Waals surface area (Å²) in [5, 5.41) is 7.02. The van der Waals surface area contributed by atoms with Crippen LogP contribution in [0.1, 0.15) is 28.4 Å². The molecular formula is C26H21N5O. The summed E-state index contributed by atoms with van der Waals surface area (Å²) in [5.74, 6) is 0.481. The van der Waals surface area contributed by atoms with E-state index in [1.54, 1.807) is 6.34 Å². The molecule has 2 aliphatic heterocycles. The van der Waals surface area contributed by atoms with E-state index in [-0.39, 0.29) is 17.8 Å². The van der Waals surface area contributed by atoms with Gasteiger partial charge in [-0.1, -0.05) is 78.4 Å². The summed E-state index contributed by atoms with van der Waals surface area (Å²) in [7, 11) is 0.